The van der Waals surface area contributed by atoms with E-state index >= 15 is 0 Å². The minimum absolute atomic E-state index is 0.0257. The molecular formula is C26H34F3N3O2. The van der Waals surface area contributed by atoms with Gasteiger partial charge in [0.2, 0.25) is 5.91 Å². The maximum absolute atomic E-state index is 13.3. The highest BCUT2D eigenvalue weighted by atomic mass is 19.4. The number of hydrogen-bond acceptors (Lipinski definition) is 3. The Morgan fingerprint density at radius 3 is 2.65 bits per heavy atom. The van der Waals surface area contributed by atoms with Gasteiger partial charge in [-0.2, -0.15) is 13.2 Å². The van der Waals surface area contributed by atoms with Crippen molar-refractivity contribution in [3.05, 3.63) is 39.9 Å². The van der Waals surface area contributed by atoms with E-state index in [2.05, 4.69) is 17.2 Å². The molecule has 0 radical (unpaired) electrons. The van der Waals surface area contributed by atoms with Gasteiger partial charge < -0.3 is 9.88 Å². The number of carbonyl (C=O) groups excluding carboxylic acids is 1. The number of aryl methyl sites for hydroxylation is 2. The van der Waals surface area contributed by atoms with Gasteiger partial charge in [-0.05, 0) is 68.9 Å². The summed E-state index contributed by atoms with van der Waals surface area (Å²) in [4.78, 5) is 30.6. The normalized spacial score (nSPS) is 28.1. The van der Waals surface area contributed by atoms with Crippen LogP contribution >= 0.6 is 0 Å². The van der Waals surface area contributed by atoms with Crippen molar-refractivity contribution >= 4 is 16.8 Å². The first-order valence-electron chi connectivity index (χ1n) is 12.4. The summed E-state index contributed by atoms with van der Waals surface area (Å²) in [6, 6.07) is 3.75. The van der Waals surface area contributed by atoms with E-state index in [0.717, 1.165) is 41.4 Å². The Kier molecular flexibility index (Phi) is 7.06. The summed E-state index contributed by atoms with van der Waals surface area (Å²) >= 11 is 0. The van der Waals surface area contributed by atoms with Gasteiger partial charge in [0.1, 0.15) is 0 Å². The van der Waals surface area contributed by atoms with Gasteiger partial charge in [0.15, 0.2) is 0 Å². The highest BCUT2D eigenvalue weighted by Crippen LogP contribution is 2.41. The van der Waals surface area contributed by atoms with E-state index in [1.807, 2.05) is 25.3 Å². The Morgan fingerprint density at radius 1 is 1.18 bits per heavy atom. The van der Waals surface area contributed by atoms with Gasteiger partial charge in [-0.25, -0.2) is 0 Å². The van der Waals surface area contributed by atoms with E-state index < -0.39 is 18.0 Å². The molecule has 0 spiro atoms. The fourth-order valence-electron chi connectivity index (χ4n) is 5.82. The predicted octanol–water partition coefficient (Wildman–Crippen LogP) is 5.25. The monoisotopic (exact) mass is 477 g/mol. The zero-order valence-electron chi connectivity index (χ0n) is 20.1. The molecule has 0 saturated heterocycles. The lowest BCUT2D eigenvalue weighted by Gasteiger charge is -2.36. The summed E-state index contributed by atoms with van der Waals surface area (Å²) in [5, 5.41) is 3.95. The van der Waals surface area contributed by atoms with Gasteiger partial charge in [-0.15, -0.1) is 0 Å². The number of halogens is 3. The van der Waals surface area contributed by atoms with Crippen LogP contribution in [0.1, 0.15) is 76.0 Å². The van der Waals surface area contributed by atoms with Crippen LogP contribution in [0.25, 0.3) is 10.9 Å². The molecule has 1 amide bonds. The van der Waals surface area contributed by atoms with Crippen molar-refractivity contribution in [2.45, 2.75) is 83.4 Å². The fourth-order valence-corrected chi connectivity index (χ4v) is 5.82. The molecule has 2 aromatic heterocycles. The van der Waals surface area contributed by atoms with Crippen LogP contribution < -0.4 is 10.9 Å². The molecule has 0 bridgehead atoms. The molecule has 2 aliphatic carbocycles. The Bertz CT molecular complexity index is 1110. The van der Waals surface area contributed by atoms with Crippen LogP contribution in [-0.4, -0.2) is 27.7 Å². The van der Waals surface area contributed by atoms with Gasteiger partial charge >= 0.3 is 6.18 Å². The second-order valence-electron chi connectivity index (χ2n) is 10.3. The second kappa shape index (κ2) is 9.70. The number of pyridine rings is 2. The molecule has 5 atom stereocenters. The van der Waals surface area contributed by atoms with Crippen molar-refractivity contribution in [1.29, 1.82) is 0 Å². The van der Waals surface area contributed by atoms with Crippen molar-refractivity contribution in [2.24, 2.45) is 24.8 Å². The molecule has 0 aliphatic heterocycles. The van der Waals surface area contributed by atoms with E-state index in [-0.39, 0.29) is 42.2 Å². The van der Waals surface area contributed by atoms with Crippen LogP contribution in [0.4, 0.5) is 13.2 Å². The Labute approximate surface area is 198 Å². The molecule has 2 saturated carbocycles. The van der Waals surface area contributed by atoms with Crippen LogP contribution in [-0.2, 0) is 18.3 Å². The largest absolute Gasteiger partial charge is 0.391 e. The smallest absolute Gasteiger partial charge is 0.353 e. The Hall–Kier alpha value is -2.38. The summed E-state index contributed by atoms with van der Waals surface area (Å²) in [7, 11) is 1.78. The molecule has 2 heterocycles. The predicted molar refractivity (Wildman–Crippen MR) is 126 cm³/mol. The van der Waals surface area contributed by atoms with Gasteiger partial charge in [0, 0.05) is 41.8 Å². The summed E-state index contributed by atoms with van der Waals surface area (Å²) < 4.78 is 41.2. The van der Waals surface area contributed by atoms with Crippen molar-refractivity contribution in [2.75, 3.05) is 0 Å². The fraction of sp³-hybridized carbons (Fsp3) is 0.654. The maximum atomic E-state index is 13.3. The molecule has 5 unspecified atom stereocenters. The number of aromatic nitrogens is 2. The number of amides is 1. The lowest BCUT2D eigenvalue weighted by atomic mass is 9.74. The van der Waals surface area contributed by atoms with Crippen molar-refractivity contribution in [3.63, 3.8) is 0 Å². The minimum Gasteiger partial charge on any atom is -0.353 e. The van der Waals surface area contributed by atoms with Crippen molar-refractivity contribution in [1.82, 2.24) is 14.9 Å². The summed E-state index contributed by atoms with van der Waals surface area (Å²) in [5.41, 5.74) is 2.47. The van der Waals surface area contributed by atoms with Gasteiger partial charge in [0.25, 0.3) is 5.56 Å². The average molecular weight is 478 g/mol. The average Bonchev–Trinajstić information content (AvgIpc) is 2.82. The van der Waals surface area contributed by atoms with Crippen molar-refractivity contribution < 1.29 is 18.0 Å². The molecule has 8 heteroatoms. The molecule has 0 aromatic carbocycles. The number of carbonyl (C=O) groups is 1. The van der Waals surface area contributed by atoms with E-state index in [4.69, 9.17) is 0 Å². The molecule has 2 aromatic rings. The number of rotatable bonds is 4. The molecule has 2 aliphatic rings. The van der Waals surface area contributed by atoms with Crippen molar-refractivity contribution in [3.8, 4) is 0 Å². The number of nitrogens with one attached hydrogen (secondary N) is 1. The molecule has 2 fully saturated rings. The molecule has 1 N–H and O–H groups in total. The maximum Gasteiger partial charge on any atom is 0.391 e. The number of fused-ring (bicyclic) bond motifs is 1. The number of hydrogen-bond donors (Lipinski definition) is 1. The third kappa shape index (κ3) is 5.01. The zero-order valence-corrected chi connectivity index (χ0v) is 20.1. The van der Waals surface area contributed by atoms with Crippen LogP contribution in [0, 0.1) is 17.8 Å². The second-order valence-corrected chi connectivity index (χ2v) is 10.3. The van der Waals surface area contributed by atoms with E-state index in [0.29, 0.717) is 19.3 Å². The number of nitrogens with zero attached hydrogens (tertiary/aromatic N) is 2. The molecular weight excluding hydrogens is 443 g/mol. The SMILES string of the molecule is CCc1cc2c(cn1)cc(C1CC(NC(=O)C3CCCC(C(F)(F)F)C3)CCC1C)c(=O)n2C. The Morgan fingerprint density at radius 2 is 1.94 bits per heavy atom. The summed E-state index contributed by atoms with van der Waals surface area (Å²) in [5.74, 6) is -2.01. The van der Waals surface area contributed by atoms with E-state index in [1.54, 1.807) is 11.6 Å². The first-order valence-corrected chi connectivity index (χ1v) is 12.4. The lowest BCUT2D eigenvalue weighted by molar-refractivity contribution is -0.186. The van der Waals surface area contributed by atoms with Gasteiger partial charge in [-0.1, -0.05) is 20.3 Å². The highest BCUT2D eigenvalue weighted by molar-refractivity contribution is 5.80. The first kappa shape index (κ1) is 24.7. The first-order chi connectivity index (χ1) is 16.1. The Balaban J connectivity index is 1.51. The summed E-state index contributed by atoms with van der Waals surface area (Å²) in [6.07, 6.45) is 1.50. The van der Waals surface area contributed by atoms with Crippen LogP contribution in [0.15, 0.2) is 23.1 Å². The molecule has 5 nitrogen and oxygen atoms in total. The van der Waals surface area contributed by atoms with E-state index in [9.17, 15) is 22.8 Å². The standard InChI is InChI=1S/C26H34F3N3O2/c1-4-19-13-23-17(14-30-19)11-22(25(34)32(23)3)21-12-20(9-8-15(21)2)31-24(33)16-6-5-7-18(10-16)26(27,28)29/h11,13-16,18,20-21H,4-10,12H2,1-3H3,(H,31,33). The molecule has 34 heavy (non-hydrogen) atoms. The lowest BCUT2D eigenvalue weighted by Crippen LogP contribution is -2.45. The summed E-state index contributed by atoms with van der Waals surface area (Å²) in [6.45, 7) is 4.15. The highest BCUT2D eigenvalue weighted by Gasteiger charge is 2.44. The van der Waals surface area contributed by atoms with Crippen LogP contribution in [0.3, 0.4) is 0 Å². The number of alkyl halides is 3. The zero-order chi connectivity index (χ0) is 24.6. The van der Waals surface area contributed by atoms with Gasteiger partial charge in [-0.3, -0.25) is 14.6 Å². The quantitative estimate of drug-likeness (QED) is 0.654. The topological polar surface area (TPSA) is 64.0 Å². The van der Waals surface area contributed by atoms with Crippen LogP contribution in [0.2, 0.25) is 0 Å². The van der Waals surface area contributed by atoms with Crippen LogP contribution in [0.5, 0.6) is 0 Å². The van der Waals surface area contributed by atoms with E-state index in [1.165, 1.54) is 0 Å². The third-order valence-corrected chi connectivity index (χ3v) is 8.00. The molecule has 186 valence electrons. The third-order valence-electron chi connectivity index (χ3n) is 8.00. The molecule has 4 rings (SSSR count). The van der Waals surface area contributed by atoms with Gasteiger partial charge in [0.05, 0.1) is 11.4 Å². The minimum atomic E-state index is -4.24.